The van der Waals surface area contributed by atoms with E-state index in [9.17, 15) is 5.11 Å². The number of aliphatic hydroxyl groups excluding tert-OH is 1. The third kappa shape index (κ3) is 3.85. The van der Waals surface area contributed by atoms with Crippen LogP contribution in [0.25, 0.3) is 18.2 Å². The molecular weight excluding hydrogens is 402 g/mol. The van der Waals surface area contributed by atoms with Gasteiger partial charge in [0, 0.05) is 16.9 Å². The van der Waals surface area contributed by atoms with Gasteiger partial charge in [0.25, 0.3) is 0 Å². The summed E-state index contributed by atoms with van der Waals surface area (Å²) in [4.78, 5) is 0. The Hall–Kier alpha value is -3.07. The highest BCUT2D eigenvalue weighted by Gasteiger charge is 2.18. The van der Waals surface area contributed by atoms with E-state index in [2.05, 4.69) is 47.8 Å². The van der Waals surface area contributed by atoms with Crippen LogP contribution in [-0.2, 0) is 6.42 Å². The molecule has 0 saturated carbocycles. The van der Waals surface area contributed by atoms with E-state index >= 15 is 0 Å². The van der Waals surface area contributed by atoms with Crippen molar-refractivity contribution < 1.29 is 5.11 Å². The molecule has 0 spiro atoms. The van der Waals surface area contributed by atoms with Crippen molar-refractivity contribution in [2.75, 3.05) is 5.32 Å². The van der Waals surface area contributed by atoms with Gasteiger partial charge in [-0.25, -0.2) is 0 Å². The molecule has 3 aromatic carbocycles. The minimum atomic E-state index is -0.557. The number of benzene rings is 3. The molecule has 1 unspecified atom stereocenters. The Morgan fingerprint density at radius 2 is 1.84 bits per heavy atom. The third-order valence-corrected chi connectivity index (χ3v) is 6.36. The number of aliphatic hydroxyl groups is 1. The first kappa shape index (κ1) is 19.9. The molecule has 3 heteroatoms. The second kappa shape index (κ2) is 8.58. The van der Waals surface area contributed by atoms with Crippen LogP contribution in [0.4, 0.5) is 5.69 Å². The number of allylic oxidation sites excluding steroid dienone is 2. The largest absolute Gasteiger partial charge is 0.384 e. The zero-order valence-electron chi connectivity index (χ0n) is 17.2. The lowest BCUT2D eigenvalue weighted by molar-refractivity contribution is 0.240. The molecule has 3 aromatic rings. The maximum Gasteiger partial charge on any atom is 0.0990 e. The van der Waals surface area contributed by atoms with Crippen LogP contribution in [0.3, 0.4) is 0 Å². The van der Waals surface area contributed by atoms with Crippen LogP contribution in [0.2, 0.25) is 5.02 Å². The fourth-order valence-electron chi connectivity index (χ4n) is 4.57. The first-order chi connectivity index (χ1) is 15.2. The van der Waals surface area contributed by atoms with Crippen molar-refractivity contribution in [1.82, 2.24) is 0 Å². The van der Waals surface area contributed by atoms with Crippen LogP contribution in [0.1, 0.15) is 35.6 Å². The molecule has 0 aromatic heterocycles. The minimum absolute atomic E-state index is 0.557. The fourth-order valence-corrected chi connectivity index (χ4v) is 4.81. The molecule has 2 N–H and O–H groups in total. The van der Waals surface area contributed by atoms with E-state index in [0.29, 0.717) is 5.02 Å². The van der Waals surface area contributed by atoms with Gasteiger partial charge in [-0.3, -0.25) is 0 Å². The first-order valence-electron chi connectivity index (χ1n) is 10.7. The summed E-state index contributed by atoms with van der Waals surface area (Å²) in [6, 6.07) is 18.5. The van der Waals surface area contributed by atoms with Gasteiger partial charge in [0.1, 0.15) is 0 Å². The van der Waals surface area contributed by atoms with Gasteiger partial charge >= 0.3 is 0 Å². The number of nitrogens with one attached hydrogen (secondary N) is 1. The van der Waals surface area contributed by atoms with E-state index in [1.807, 2.05) is 48.7 Å². The Bertz CT molecular complexity index is 1420. The number of fused-ring (bicyclic) bond motifs is 5. The molecule has 2 nitrogen and oxygen atoms in total. The van der Waals surface area contributed by atoms with Crippen molar-refractivity contribution >= 4 is 35.5 Å². The Morgan fingerprint density at radius 1 is 0.935 bits per heavy atom. The van der Waals surface area contributed by atoms with Crippen LogP contribution >= 0.6 is 11.6 Å². The highest BCUT2D eigenvalue weighted by Crippen LogP contribution is 2.25. The van der Waals surface area contributed by atoms with Gasteiger partial charge in [-0.15, -0.1) is 0 Å². The summed E-state index contributed by atoms with van der Waals surface area (Å²) in [5, 5.41) is 18.9. The molecule has 154 valence electrons. The maximum atomic E-state index is 10.6. The fraction of sp³-hybridized carbons (Fsp3) is 0.143. The Morgan fingerprint density at radius 3 is 2.77 bits per heavy atom. The van der Waals surface area contributed by atoms with E-state index in [-0.39, 0.29) is 0 Å². The van der Waals surface area contributed by atoms with E-state index in [0.717, 1.165) is 39.7 Å². The standard InChI is InChI=1S/C18H15ClO.C10H9N/c19-16-7-3-6-13-14-9-8-11-4-1-2-5-12(11)18(14)17(20)10-15(13)16;1-2-7-10-9(5-1)6-3-4-8-11-10/h3-4,6-10,17,20H,1-2,5H2;1-8,11H. The van der Waals surface area contributed by atoms with Gasteiger partial charge in [0.05, 0.1) is 6.10 Å². The van der Waals surface area contributed by atoms with Gasteiger partial charge < -0.3 is 10.4 Å². The van der Waals surface area contributed by atoms with Crippen LogP contribution < -0.4 is 15.8 Å². The highest BCUT2D eigenvalue weighted by molar-refractivity contribution is 6.30. The average molecular weight is 426 g/mol. The van der Waals surface area contributed by atoms with Crippen LogP contribution in [0, 0.1) is 10.4 Å². The second-order valence-corrected chi connectivity index (χ2v) is 8.36. The number of rotatable bonds is 0. The molecule has 1 heterocycles. The molecule has 2 aliphatic carbocycles. The van der Waals surface area contributed by atoms with E-state index in [1.54, 1.807) is 0 Å². The summed E-state index contributed by atoms with van der Waals surface area (Å²) in [7, 11) is 0. The molecule has 0 amide bonds. The smallest absolute Gasteiger partial charge is 0.0990 e. The van der Waals surface area contributed by atoms with Crippen molar-refractivity contribution in [3.05, 3.63) is 116 Å². The molecule has 0 radical (unpaired) electrons. The summed E-state index contributed by atoms with van der Waals surface area (Å²) < 4.78 is 0. The van der Waals surface area contributed by atoms with Crippen molar-refractivity contribution in [1.29, 1.82) is 0 Å². The normalized spacial score (nSPS) is 17.2. The molecule has 0 saturated heterocycles. The summed E-state index contributed by atoms with van der Waals surface area (Å²) in [5.74, 6) is 0. The Balaban J connectivity index is 0.000000157. The van der Waals surface area contributed by atoms with Crippen molar-refractivity contribution in [2.45, 2.75) is 25.4 Å². The predicted octanol–water partition coefficient (Wildman–Crippen LogP) is 5.21. The summed E-state index contributed by atoms with van der Waals surface area (Å²) in [6.45, 7) is 0. The molecule has 0 bridgehead atoms. The van der Waals surface area contributed by atoms with E-state index < -0.39 is 6.10 Å². The molecule has 3 aliphatic rings. The summed E-state index contributed by atoms with van der Waals surface area (Å²) in [6.07, 6.45) is 15.0. The zero-order chi connectivity index (χ0) is 21.2. The summed E-state index contributed by atoms with van der Waals surface area (Å²) in [5.41, 5.74) is 4.78. The van der Waals surface area contributed by atoms with Crippen molar-refractivity contribution in [3.63, 3.8) is 0 Å². The minimum Gasteiger partial charge on any atom is -0.384 e. The highest BCUT2D eigenvalue weighted by atomic mass is 35.5. The molecule has 6 rings (SSSR count). The van der Waals surface area contributed by atoms with Crippen molar-refractivity contribution in [3.8, 4) is 0 Å². The molecule has 0 fully saturated rings. The van der Waals surface area contributed by atoms with E-state index in [4.69, 9.17) is 11.6 Å². The number of halogens is 1. The van der Waals surface area contributed by atoms with Gasteiger partial charge in [-0.05, 0) is 81.1 Å². The van der Waals surface area contributed by atoms with Gasteiger partial charge in [0.15, 0.2) is 0 Å². The quantitative estimate of drug-likeness (QED) is 0.518. The number of hydrogen-bond acceptors (Lipinski definition) is 2. The van der Waals surface area contributed by atoms with Gasteiger partial charge in [-0.1, -0.05) is 72.3 Å². The topological polar surface area (TPSA) is 32.3 Å². The SMILES string of the molecule is C1=CNc2ccccc2C=C1.OC1C=c2c(Cl)cccc2=c2ccc3c(c21)CCCC=3. The zero-order valence-corrected chi connectivity index (χ0v) is 17.9. The Kier molecular flexibility index (Phi) is 5.50. The van der Waals surface area contributed by atoms with E-state index in [1.165, 1.54) is 22.8 Å². The lowest BCUT2D eigenvalue weighted by Gasteiger charge is -2.20. The second-order valence-electron chi connectivity index (χ2n) is 7.95. The van der Waals surface area contributed by atoms with Crippen LogP contribution in [0.15, 0.2) is 72.9 Å². The number of para-hydroxylation sites is 1. The predicted molar refractivity (Wildman–Crippen MR) is 130 cm³/mol. The number of hydrogen-bond donors (Lipinski definition) is 2. The molecule has 1 atom stereocenters. The third-order valence-electron chi connectivity index (χ3n) is 6.03. The van der Waals surface area contributed by atoms with Crippen LogP contribution in [-0.4, -0.2) is 5.11 Å². The maximum absolute atomic E-state index is 10.6. The first-order valence-corrected chi connectivity index (χ1v) is 11.1. The van der Waals surface area contributed by atoms with Crippen LogP contribution in [0.5, 0.6) is 0 Å². The molecule has 1 aliphatic heterocycles. The van der Waals surface area contributed by atoms with Crippen molar-refractivity contribution in [2.24, 2.45) is 0 Å². The molecular formula is C28H24ClNO. The lowest BCUT2D eigenvalue weighted by Crippen LogP contribution is -2.22. The number of anilines is 1. The van der Waals surface area contributed by atoms with Gasteiger partial charge in [-0.2, -0.15) is 0 Å². The average Bonchev–Trinajstić information content (AvgIpc) is 3.06. The lowest BCUT2D eigenvalue weighted by atomic mass is 9.87. The summed E-state index contributed by atoms with van der Waals surface area (Å²) >= 11 is 6.27. The monoisotopic (exact) mass is 425 g/mol. The van der Waals surface area contributed by atoms with Gasteiger partial charge in [0.2, 0.25) is 0 Å². The Labute approximate surface area is 186 Å². The molecule has 31 heavy (non-hydrogen) atoms.